The first-order chi connectivity index (χ1) is 22.8. The first-order valence-corrected chi connectivity index (χ1v) is 18.8. The van der Waals surface area contributed by atoms with Crippen molar-refractivity contribution in [1.82, 2.24) is 28.8 Å². The number of hydrogen-bond acceptors (Lipinski definition) is 8. The Labute approximate surface area is 287 Å². The van der Waals surface area contributed by atoms with Gasteiger partial charge in [-0.15, -0.1) is 0 Å². The predicted octanol–water partition coefficient (Wildman–Crippen LogP) is 5.04. The minimum atomic E-state index is -3.85. The van der Waals surface area contributed by atoms with Crippen LogP contribution < -0.4 is 14.4 Å². The van der Waals surface area contributed by atoms with Crippen molar-refractivity contribution in [3.63, 3.8) is 0 Å². The largest absolute Gasteiger partial charge is 0.451 e. The molecule has 1 N–H and O–H groups in total. The Morgan fingerprint density at radius 1 is 1.10 bits per heavy atom. The minimum absolute atomic E-state index is 0.0225. The van der Waals surface area contributed by atoms with Gasteiger partial charge in [-0.2, -0.15) is 17.4 Å². The first-order valence-electron chi connectivity index (χ1n) is 17.0. The maximum Gasteiger partial charge on any atom is 0.280 e. The summed E-state index contributed by atoms with van der Waals surface area (Å²) < 4.78 is 61.0. The van der Waals surface area contributed by atoms with Gasteiger partial charge in [0.25, 0.3) is 22.0 Å². The van der Waals surface area contributed by atoms with Crippen LogP contribution >= 0.6 is 11.6 Å². The molecule has 15 heteroatoms. The summed E-state index contributed by atoms with van der Waals surface area (Å²) >= 11 is 6.30. The zero-order chi connectivity index (χ0) is 34.3. The molecule has 4 fully saturated rings. The number of hydrogen-bond donors (Lipinski definition) is 1. The number of amides is 1. The Morgan fingerprint density at radius 2 is 1.79 bits per heavy atom. The van der Waals surface area contributed by atoms with Gasteiger partial charge in [0.1, 0.15) is 12.1 Å². The molecule has 0 bridgehead atoms. The van der Waals surface area contributed by atoms with Gasteiger partial charge in [0.05, 0.1) is 24.8 Å². The topological polar surface area (TPSA) is 111 Å². The predicted molar refractivity (Wildman–Crippen MR) is 180 cm³/mol. The standard InChI is InChI=1S/C33H46ClF2N7O4S/c1-4-43(23(2)3)31(44)27-15-25(34)7-10-28(27)47-29-16-37-22-38-30(29)41-18-32(19-41)11-13-40(14-12-32)17-24-5-8-26(9-6-24)39-48(45,46)42-20-33(35,36)21-42/h7,10,15-16,22-24,26,39H,4-6,8-9,11-14,17-21H2,1-3H3. The summed E-state index contributed by atoms with van der Waals surface area (Å²) in [4.78, 5) is 28.7. The minimum Gasteiger partial charge on any atom is -0.451 e. The van der Waals surface area contributed by atoms with Crippen molar-refractivity contribution in [2.45, 2.75) is 77.3 Å². The molecule has 1 amide bonds. The fraction of sp³-hybridized carbons (Fsp3) is 0.667. The Hall–Kier alpha value is -2.65. The summed E-state index contributed by atoms with van der Waals surface area (Å²) in [6.07, 6.45) is 8.62. The van der Waals surface area contributed by atoms with E-state index in [1.807, 2.05) is 20.8 Å². The molecule has 2 aromatic rings. The number of nitrogens with one attached hydrogen (secondary N) is 1. The number of halogens is 3. The Balaban J connectivity index is 0.990. The second-order valence-corrected chi connectivity index (χ2v) is 16.4. The van der Waals surface area contributed by atoms with E-state index >= 15 is 0 Å². The number of piperidine rings is 1. The maximum absolute atomic E-state index is 13.4. The number of carbonyl (C=O) groups excluding carboxylic acids is 1. The zero-order valence-electron chi connectivity index (χ0n) is 27.9. The highest BCUT2D eigenvalue weighted by molar-refractivity contribution is 7.87. The number of benzene rings is 1. The van der Waals surface area contributed by atoms with E-state index in [0.29, 0.717) is 40.4 Å². The molecule has 0 unspecified atom stereocenters. The molecular weight excluding hydrogens is 664 g/mol. The number of nitrogens with zero attached hydrogens (tertiary/aromatic N) is 6. The van der Waals surface area contributed by atoms with E-state index in [1.54, 1.807) is 29.3 Å². The summed E-state index contributed by atoms with van der Waals surface area (Å²) in [7, 11) is -3.85. The van der Waals surface area contributed by atoms with Gasteiger partial charge in [0, 0.05) is 48.7 Å². The highest BCUT2D eigenvalue weighted by Crippen LogP contribution is 2.45. The van der Waals surface area contributed by atoms with Gasteiger partial charge >= 0.3 is 0 Å². The number of likely N-dealkylation sites (tertiary alicyclic amines) is 1. The van der Waals surface area contributed by atoms with E-state index in [9.17, 15) is 22.0 Å². The van der Waals surface area contributed by atoms with E-state index in [1.165, 1.54) is 6.33 Å². The number of aromatic nitrogens is 2. The molecule has 11 nitrogen and oxygen atoms in total. The SMILES string of the molecule is CCN(C(=O)c1cc(Cl)ccc1Oc1cncnc1N1CC2(CCN(CC3CCC(NS(=O)(=O)N4CC(F)(F)C4)CC3)CC2)C1)C(C)C. The van der Waals surface area contributed by atoms with Crippen LogP contribution in [0.15, 0.2) is 30.7 Å². The van der Waals surface area contributed by atoms with Gasteiger partial charge in [0.2, 0.25) is 0 Å². The zero-order valence-corrected chi connectivity index (χ0v) is 29.4. The maximum atomic E-state index is 13.4. The van der Waals surface area contributed by atoms with Crippen LogP contribution in [-0.4, -0.2) is 109 Å². The van der Waals surface area contributed by atoms with Crippen LogP contribution in [0.3, 0.4) is 0 Å². The number of carbonyl (C=O) groups is 1. The van der Waals surface area contributed by atoms with Crippen LogP contribution in [0.4, 0.5) is 14.6 Å². The molecule has 0 atom stereocenters. The Kier molecular flexibility index (Phi) is 10.2. The summed E-state index contributed by atoms with van der Waals surface area (Å²) in [5, 5.41) is 0.459. The third-order valence-electron chi connectivity index (χ3n) is 10.4. The van der Waals surface area contributed by atoms with Crippen LogP contribution in [-0.2, 0) is 10.2 Å². The normalized spacial score (nSPS) is 24.3. The van der Waals surface area contributed by atoms with E-state index in [2.05, 4.69) is 24.5 Å². The summed E-state index contributed by atoms with van der Waals surface area (Å²) in [6, 6.07) is 4.90. The van der Waals surface area contributed by atoms with Crippen molar-refractivity contribution in [3.05, 3.63) is 41.3 Å². The molecule has 4 aliphatic rings. The molecule has 0 radical (unpaired) electrons. The van der Waals surface area contributed by atoms with Gasteiger partial charge in [-0.05, 0) is 96.5 Å². The van der Waals surface area contributed by atoms with E-state index in [0.717, 1.165) is 75.6 Å². The molecule has 1 aromatic heterocycles. The van der Waals surface area contributed by atoms with Crippen LogP contribution in [0.2, 0.25) is 5.02 Å². The van der Waals surface area contributed by atoms with Crippen molar-refractivity contribution in [1.29, 1.82) is 0 Å². The average Bonchev–Trinajstić information content (AvgIpc) is 3.01. The van der Waals surface area contributed by atoms with Crippen molar-refractivity contribution in [3.8, 4) is 11.5 Å². The number of rotatable bonds is 11. The second kappa shape index (κ2) is 13.9. The quantitative estimate of drug-likeness (QED) is 0.346. The molecule has 48 heavy (non-hydrogen) atoms. The van der Waals surface area contributed by atoms with Crippen LogP contribution in [0.25, 0.3) is 0 Å². The molecule has 1 aliphatic carbocycles. The lowest BCUT2D eigenvalue weighted by molar-refractivity contribution is -0.0951. The fourth-order valence-corrected chi connectivity index (χ4v) is 9.28. The van der Waals surface area contributed by atoms with Crippen LogP contribution in [0.1, 0.15) is 69.7 Å². The van der Waals surface area contributed by atoms with Gasteiger partial charge in [-0.25, -0.2) is 18.7 Å². The fourth-order valence-electron chi connectivity index (χ4n) is 7.59. The molecule has 3 saturated heterocycles. The Bertz CT molecular complexity index is 1570. The molecular formula is C33H46ClF2N7O4S. The summed E-state index contributed by atoms with van der Waals surface area (Å²) in [5.41, 5.74) is 0.608. The summed E-state index contributed by atoms with van der Waals surface area (Å²) in [6.45, 7) is 9.75. The van der Waals surface area contributed by atoms with Gasteiger partial charge in [-0.3, -0.25) is 4.79 Å². The molecule has 4 heterocycles. The molecule has 1 saturated carbocycles. The lowest BCUT2D eigenvalue weighted by atomic mass is 9.71. The molecule has 1 aromatic carbocycles. The third-order valence-corrected chi connectivity index (χ3v) is 12.2. The van der Waals surface area contributed by atoms with Crippen molar-refractivity contribution >= 4 is 33.5 Å². The smallest absolute Gasteiger partial charge is 0.280 e. The number of ether oxygens (including phenoxy) is 1. The van der Waals surface area contributed by atoms with E-state index < -0.39 is 29.2 Å². The molecule has 1 spiro atoms. The van der Waals surface area contributed by atoms with E-state index in [4.69, 9.17) is 16.3 Å². The van der Waals surface area contributed by atoms with Crippen LogP contribution in [0.5, 0.6) is 11.5 Å². The number of anilines is 1. The highest BCUT2D eigenvalue weighted by Gasteiger charge is 2.50. The molecule has 6 rings (SSSR count). The summed E-state index contributed by atoms with van der Waals surface area (Å²) in [5.74, 6) is -0.948. The molecule has 3 aliphatic heterocycles. The second-order valence-electron chi connectivity index (χ2n) is 14.3. The van der Waals surface area contributed by atoms with Gasteiger partial charge in [0.15, 0.2) is 11.6 Å². The third kappa shape index (κ3) is 7.72. The van der Waals surface area contributed by atoms with Crippen molar-refractivity contribution in [2.75, 3.05) is 57.3 Å². The van der Waals surface area contributed by atoms with Crippen molar-refractivity contribution < 1.29 is 26.7 Å². The number of alkyl halides is 2. The average molecular weight is 710 g/mol. The van der Waals surface area contributed by atoms with E-state index in [-0.39, 0.29) is 23.4 Å². The first kappa shape index (κ1) is 35.2. The monoisotopic (exact) mass is 709 g/mol. The van der Waals surface area contributed by atoms with Crippen LogP contribution in [0, 0.1) is 11.3 Å². The molecule has 264 valence electrons. The lowest BCUT2D eigenvalue weighted by Crippen LogP contribution is -2.62. The lowest BCUT2D eigenvalue weighted by Gasteiger charge is -2.54. The van der Waals surface area contributed by atoms with Gasteiger partial charge < -0.3 is 19.4 Å². The highest BCUT2D eigenvalue weighted by atomic mass is 35.5. The van der Waals surface area contributed by atoms with Crippen molar-refractivity contribution in [2.24, 2.45) is 11.3 Å². The van der Waals surface area contributed by atoms with Gasteiger partial charge in [-0.1, -0.05) is 11.6 Å². The Morgan fingerprint density at radius 3 is 2.42 bits per heavy atom.